The average Bonchev–Trinajstić information content (AvgIpc) is 3.25. The van der Waals surface area contributed by atoms with Crippen molar-refractivity contribution in [3.63, 3.8) is 0 Å². The van der Waals surface area contributed by atoms with Gasteiger partial charge in [-0.15, -0.1) is 0 Å². The molecular weight excluding hydrogens is 334 g/mol. The lowest BCUT2D eigenvalue weighted by Gasteiger charge is -2.24. The van der Waals surface area contributed by atoms with Crippen molar-refractivity contribution in [1.29, 1.82) is 0 Å². The highest BCUT2D eigenvalue weighted by atomic mass is 16.5. The summed E-state index contributed by atoms with van der Waals surface area (Å²) < 4.78 is 11.5. The van der Waals surface area contributed by atoms with Gasteiger partial charge in [0.05, 0.1) is 29.7 Å². The van der Waals surface area contributed by atoms with Gasteiger partial charge in [-0.3, -0.25) is 9.59 Å². The zero-order chi connectivity index (χ0) is 18.1. The van der Waals surface area contributed by atoms with Crippen molar-refractivity contribution >= 4 is 17.6 Å². The van der Waals surface area contributed by atoms with Crippen LogP contribution in [0, 0.1) is 11.8 Å². The highest BCUT2D eigenvalue weighted by Crippen LogP contribution is 2.44. The van der Waals surface area contributed by atoms with Crippen molar-refractivity contribution in [2.75, 3.05) is 5.32 Å². The molecule has 6 nitrogen and oxygen atoms in total. The van der Waals surface area contributed by atoms with Gasteiger partial charge in [-0.25, -0.2) is 0 Å². The van der Waals surface area contributed by atoms with Crippen LogP contribution in [0.25, 0.3) is 0 Å². The summed E-state index contributed by atoms with van der Waals surface area (Å²) in [6.45, 7) is 0. The van der Waals surface area contributed by atoms with Gasteiger partial charge in [0.2, 0.25) is 5.91 Å². The summed E-state index contributed by atoms with van der Waals surface area (Å²) in [5.41, 5.74) is 0.508. The second-order valence-corrected chi connectivity index (χ2v) is 6.58. The number of aliphatic carboxylic acids is 1. The topological polar surface area (TPSA) is 84.9 Å². The van der Waals surface area contributed by atoms with Crippen LogP contribution in [0.5, 0.6) is 11.5 Å². The lowest BCUT2D eigenvalue weighted by Crippen LogP contribution is -2.40. The van der Waals surface area contributed by atoms with Gasteiger partial charge in [-0.2, -0.15) is 0 Å². The molecule has 0 radical (unpaired) electrons. The van der Waals surface area contributed by atoms with Gasteiger partial charge in [-0.05, 0) is 37.1 Å². The molecule has 2 aliphatic heterocycles. The Morgan fingerprint density at radius 3 is 2.35 bits per heavy atom. The fraction of sp³-hybridized carbons (Fsp3) is 0.300. The molecule has 134 valence electrons. The minimum Gasteiger partial charge on any atom is -0.481 e. The molecule has 4 atom stereocenters. The van der Waals surface area contributed by atoms with E-state index in [2.05, 4.69) is 5.32 Å². The Balaban J connectivity index is 1.54. The first-order valence-corrected chi connectivity index (χ1v) is 8.64. The molecule has 2 heterocycles. The quantitative estimate of drug-likeness (QED) is 0.861. The molecule has 0 unspecified atom stereocenters. The van der Waals surface area contributed by atoms with Crippen molar-refractivity contribution in [2.24, 2.45) is 11.8 Å². The molecule has 2 aromatic rings. The van der Waals surface area contributed by atoms with Gasteiger partial charge < -0.3 is 19.9 Å². The van der Waals surface area contributed by atoms with E-state index < -0.39 is 17.8 Å². The summed E-state index contributed by atoms with van der Waals surface area (Å²) in [5.74, 6) is -1.64. The van der Waals surface area contributed by atoms with Gasteiger partial charge in [-0.1, -0.05) is 30.3 Å². The van der Waals surface area contributed by atoms with Gasteiger partial charge >= 0.3 is 5.97 Å². The Morgan fingerprint density at radius 1 is 0.962 bits per heavy atom. The zero-order valence-electron chi connectivity index (χ0n) is 14.0. The number of para-hydroxylation sites is 3. The van der Waals surface area contributed by atoms with Crippen molar-refractivity contribution < 1.29 is 24.2 Å². The van der Waals surface area contributed by atoms with Crippen molar-refractivity contribution in [1.82, 2.24) is 0 Å². The SMILES string of the molecule is O=C(O)[C@@H]1[C@@H](C(=O)Nc2ccccc2Oc2ccccc2)[C@H]2CC[C@H]1O2. The molecule has 26 heavy (non-hydrogen) atoms. The summed E-state index contributed by atoms with van der Waals surface area (Å²) in [7, 11) is 0. The van der Waals surface area contributed by atoms with Crippen LogP contribution in [0.4, 0.5) is 5.69 Å². The van der Waals surface area contributed by atoms with E-state index in [1.807, 2.05) is 36.4 Å². The van der Waals surface area contributed by atoms with E-state index in [0.29, 0.717) is 30.0 Å². The second kappa shape index (κ2) is 6.80. The number of benzene rings is 2. The molecule has 2 saturated heterocycles. The summed E-state index contributed by atoms with van der Waals surface area (Å²) in [5, 5.41) is 12.3. The molecule has 2 fully saturated rings. The molecule has 0 aromatic heterocycles. The molecule has 0 saturated carbocycles. The lowest BCUT2D eigenvalue weighted by molar-refractivity contribution is -0.147. The van der Waals surface area contributed by atoms with E-state index >= 15 is 0 Å². The Kier molecular flexibility index (Phi) is 4.34. The largest absolute Gasteiger partial charge is 0.481 e. The maximum Gasteiger partial charge on any atom is 0.310 e. The molecule has 4 rings (SSSR count). The van der Waals surface area contributed by atoms with Crippen LogP contribution in [0.1, 0.15) is 12.8 Å². The van der Waals surface area contributed by atoms with Gasteiger partial charge in [0.1, 0.15) is 5.75 Å². The number of hydrogen-bond donors (Lipinski definition) is 2. The fourth-order valence-corrected chi connectivity index (χ4v) is 3.82. The van der Waals surface area contributed by atoms with E-state index in [4.69, 9.17) is 9.47 Å². The van der Waals surface area contributed by atoms with Gasteiger partial charge in [0.25, 0.3) is 0 Å². The van der Waals surface area contributed by atoms with Crippen LogP contribution in [-0.4, -0.2) is 29.2 Å². The molecule has 1 amide bonds. The standard InChI is InChI=1S/C20H19NO5/c22-19(17-15-10-11-16(26-15)18(17)20(23)24)21-13-8-4-5-9-14(13)25-12-6-2-1-3-7-12/h1-9,15-18H,10-11H2,(H,21,22)(H,23,24)/t15-,16-,17+,18+/m1/s1. The van der Waals surface area contributed by atoms with E-state index in [1.165, 1.54) is 0 Å². The highest BCUT2D eigenvalue weighted by Gasteiger charge is 2.55. The third-order valence-electron chi connectivity index (χ3n) is 4.98. The van der Waals surface area contributed by atoms with Gasteiger partial charge in [0, 0.05) is 0 Å². The van der Waals surface area contributed by atoms with Crippen LogP contribution >= 0.6 is 0 Å². The number of carbonyl (C=O) groups excluding carboxylic acids is 1. The number of fused-ring (bicyclic) bond motifs is 2. The molecular formula is C20H19NO5. The first kappa shape index (κ1) is 16.6. The second-order valence-electron chi connectivity index (χ2n) is 6.58. The molecule has 2 aliphatic rings. The van der Waals surface area contributed by atoms with E-state index in [-0.39, 0.29) is 18.1 Å². The van der Waals surface area contributed by atoms with Crippen LogP contribution in [0.15, 0.2) is 54.6 Å². The number of anilines is 1. The summed E-state index contributed by atoms with van der Waals surface area (Å²) in [6, 6.07) is 16.4. The molecule has 0 aliphatic carbocycles. The first-order valence-electron chi connectivity index (χ1n) is 8.64. The number of carboxylic acid groups (broad SMARTS) is 1. The fourth-order valence-electron chi connectivity index (χ4n) is 3.82. The number of rotatable bonds is 5. The molecule has 2 N–H and O–H groups in total. The van der Waals surface area contributed by atoms with Crippen LogP contribution in [-0.2, 0) is 14.3 Å². The van der Waals surface area contributed by atoms with Crippen molar-refractivity contribution in [2.45, 2.75) is 25.0 Å². The Labute approximate surface area is 150 Å². The maximum atomic E-state index is 12.8. The van der Waals surface area contributed by atoms with E-state index in [0.717, 1.165) is 0 Å². The third kappa shape index (κ3) is 3.04. The Morgan fingerprint density at radius 2 is 1.62 bits per heavy atom. The number of ether oxygens (including phenoxy) is 2. The number of amides is 1. The minimum absolute atomic E-state index is 0.330. The number of hydrogen-bond acceptors (Lipinski definition) is 4. The average molecular weight is 353 g/mol. The predicted molar refractivity (Wildman–Crippen MR) is 94.1 cm³/mol. The third-order valence-corrected chi connectivity index (χ3v) is 4.98. The van der Waals surface area contributed by atoms with Crippen LogP contribution in [0.3, 0.4) is 0 Å². The molecule has 2 aromatic carbocycles. The van der Waals surface area contributed by atoms with Crippen LogP contribution < -0.4 is 10.1 Å². The maximum absolute atomic E-state index is 12.8. The van der Waals surface area contributed by atoms with Crippen molar-refractivity contribution in [3.05, 3.63) is 54.6 Å². The molecule has 6 heteroatoms. The summed E-state index contributed by atoms with van der Waals surface area (Å²) >= 11 is 0. The Hall–Kier alpha value is -2.86. The van der Waals surface area contributed by atoms with Gasteiger partial charge in [0.15, 0.2) is 5.75 Å². The lowest BCUT2D eigenvalue weighted by atomic mass is 9.78. The number of nitrogens with one attached hydrogen (secondary N) is 1. The predicted octanol–water partition coefficient (Wildman–Crippen LogP) is 3.30. The summed E-state index contributed by atoms with van der Waals surface area (Å²) in [6.07, 6.45) is 0.709. The van der Waals surface area contributed by atoms with Crippen LogP contribution in [0.2, 0.25) is 0 Å². The first-order chi connectivity index (χ1) is 12.6. The normalized spacial score (nSPS) is 26.5. The van der Waals surface area contributed by atoms with E-state index in [9.17, 15) is 14.7 Å². The number of carboxylic acids is 1. The monoisotopic (exact) mass is 353 g/mol. The minimum atomic E-state index is -0.980. The zero-order valence-corrected chi connectivity index (χ0v) is 14.0. The number of carbonyl (C=O) groups is 2. The molecule has 0 spiro atoms. The Bertz CT molecular complexity index is 822. The smallest absolute Gasteiger partial charge is 0.310 e. The van der Waals surface area contributed by atoms with Crippen molar-refractivity contribution in [3.8, 4) is 11.5 Å². The van der Waals surface area contributed by atoms with E-state index in [1.54, 1.807) is 18.2 Å². The molecule has 2 bridgehead atoms. The highest BCUT2D eigenvalue weighted by molar-refractivity contribution is 5.97. The summed E-state index contributed by atoms with van der Waals surface area (Å²) in [4.78, 5) is 24.4.